The highest BCUT2D eigenvalue weighted by atomic mass is 19.1. The molecule has 4 nitrogen and oxygen atoms in total. The van der Waals surface area contributed by atoms with Gasteiger partial charge in [0.2, 0.25) is 0 Å². The molecule has 0 unspecified atom stereocenters. The predicted octanol–water partition coefficient (Wildman–Crippen LogP) is 4.29. The van der Waals surface area contributed by atoms with Crippen LogP contribution < -0.4 is 15.8 Å². The van der Waals surface area contributed by atoms with E-state index in [9.17, 15) is 4.39 Å². The largest absolute Gasteiger partial charge is 0.491 e. The quantitative estimate of drug-likeness (QED) is 0.630. The third kappa shape index (κ3) is 4.72. The summed E-state index contributed by atoms with van der Waals surface area (Å²) in [6.45, 7) is 3.99. The summed E-state index contributed by atoms with van der Waals surface area (Å²) < 4.78 is 18.6. The molecule has 3 rings (SSSR count). The van der Waals surface area contributed by atoms with Crippen LogP contribution in [0.3, 0.4) is 0 Å². The Morgan fingerprint density at radius 1 is 1.12 bits per heavy atom. The van der Waals surface area contributed by atoms with E-state index in [4.69, 9.17) is 10.5 Å². The maximum absolute atomic E-state index is 13.0. The zero-order valence-corrected chi connectivity index (χ0v) is 14.6. The number of guanidine groups is 1. The second-order valence-corrected chi connectivity index (χ2v) is 6.70. The third-order valence-corrected chi connectivity index (χ3v) is 4.27. The molecule has 1 aliphatic rings. The highest BCUT2D eigenvalue weighted by Gasteiger charge is 2.30. The maximum atomic E-state index is 13.0. The highest BCUT2D eigenvalue weighted by molar-refractivity contribution is 5.92. The van der Waals surface area contributed by atoms with Gasteiger partial charge in [0.05, 0.1) is 12.1 Å². The Morgan fingerprint density at radius 3 is 2.36 bits per heavy atom. The Hall–Kier alpha value is -2.56. The van der Waals surface area contributed by atoms with E-state index in [2.05, 4.69) is 10.3 Å². The Kier molecular flexibility index (Phi) is 5.22. The molecule has 5 heteroatoms. The molecular weight excluding hydrogens is 317 g/mol. The number of hydrogen-bond donors (Lipinski definition) is 2. The van der Waals surface area contributed by atoms with Crippen molar-refractivity contribution in [2.45, 2.75) is 44.8 Å². The predicted molar refractivity (Wildman–Crippen MR) is 99.6 cm³/mol. The Morgan fingerprint density at radius 2 is 1.76 bits per heavy atom. The van der Waals surface area contributed by atoms with Crippen molar-refractivity contribution in [3.8, 4) is 5.75 Å². The molecule has 1 aliphatic carbocycles. The lowest BCUT2D eigenvalue weighted by Crippen LogP contribution is -2.31. The monoisotopic (exact) mass is 341 g/mol. The van der Waals surface area contributed by atoms with Crippen LogP contribution in [0.1, 0.15) is 38.2 Å². The van der Waals surface area contributed by atoms with Crippen LogP contribution in [0.25, 0.3) is 0 Å². The summed E-state index contributed by atoms with van der Waals surface area (Å²) in [6, 6.07) is 14.6. The fraction of sp³-hybridized carbons (Fsp3) is 0.350. The van der Waals surface area contributed by atoms with Gasteiger partial charge in [0, 0.05) is 5.69 Å². The number of nitrogens with two attached hydrogens (primary N) is 1. The van der Waals surface area contributed by atoms with Crippen molar-refractivity contribution in [2.24, 2.45) is 10.7 Å². The van der Waals surface area contributed by atoms with E-state index in [1.165, 1.54) is 17.7 Å². The van der Waals surface area contributed by atoms with E-state index in [-0.39, 0.29) is 18.0 Å². The van der Waals surface area contributed by atoms with Crippen LogP contribution in [0.5, 0.6) is 5.75 Å². The molecule has 0 heterocycles. The van der Waals surface area contributed by atoms with Crippen molar-refractivity contribution >= 4 is 11.6 Å². The third-order valence-electron chi connectivity index (χ3n) is 4.27. The number of anilines is 1. The summed E-state index contributed by atoms with van der Waals surface area (Å²) in [5.41, 5.74) is 8.04. The minimum atomic E-state index is -0.198. The standard InChI is InChI=1S/C20H24FN3O/c1-13(2)25-19-9-7-17(8-10-19)23-20(22)24-18-11-15(12-18)14-3-5-16(21)6-4-14/h3-10,13,15,18H,11-12H2,1-2H3,(H3,22,23,24). The van der Waals surface area contributed by atoms with Gasteiger partial charge in [-0.05, 0) is 74.6 Å². The molecule has 0 aliphatic heterocycles. The zero-order valence-electron chi connectivity index (χ0n) is 14.6. The number of rotatable bonds is 5. The van der Waals surface area contributed by atoms with Crippen molar-refractivity contribution in [2.75, 3.05) is 5.32 Å². The number of ether oxygens (including phenoxy) is 1. The normalized spacial score (nSPS) is 20.2. The first kappa shape index (κ1) is 17.3. The molecule has 2 aromatic rings. The number of halogens is 1. The first-order chi connectivity index (χ1) is 12.0. The Balaban J connectivity index is 1.50. The van der Waals surface area contributed by atoms with Gasteiger partial charge in [0.1, 0.15) is 11.6 Å². The van der Waals surface area contributed by atoms with Crippen molar-refractivity contribution in [1.82, 2.24) is 0 Å². The topological polar surface area (TPSA) is 59.6 Å². The molecular formula is C20H24FN3O. The molecule has 0 amide bonds. The highest BCUT2D eigenvalue weighted by Crippen LogP contribution is 2.38. The number of nitrogens with zero attached hydrogens (tertiary/aromatic N) is 1. The van der Waals surface area contributed by atoms with Crippen LogP contribution in [0.4, 0.5) is 10.1 Å². The van der Waals surface area contributed by atoms with Gasteiger partial charge < -0.3 is 15.8 Å². The lowest BCUT2D eigenvalue weighted by molar-refractivity contribution is 0.242. The Bertz CT molecular complexity index is 720. The molecule has 0 bridgehead atoms. The van der Waals surface area contributed by atoms with Gasteiger partial charge >= 0.3 is 0 Å². The molecule has 0 atom stereocenters. The summed E-state index contributed by atoms with van der Waals surface area (Å²) in [7, 11) is 0. The summed E-state index contributed by atoms with van der Waals surface area (Å²) >= 11 is 0. The molecule has 1 fully saturated rings. The first-order valence-electron chi connectivity index (χ1n) is 8.62. The van der Waals surface area contributed by atoms with Gasteiger partial charge in [-0.15, -0.1) is 0 Å². The summed E-state index contributed by atoms with van der Waals surface area (Å²) in [5, 5.41) is 3.11. The second-order valence-electron chi connectivity index (χ2n) is 6.70. The van der Waals surface area contributed by atoms with Crippen LogP contribution in [-0.4, -0.2) is 18.1 Å². The van der Waals surface area contributed by atoms with Crippen LogP contribution in [0.15, 0.2) is 53.5 Å². The number of aliphatic imine (C=N–C) groups is 1. The van der Waals surface area contributed by atoms with Gasteiger partial charge in [0.25, 0.3) is 0 Å². The van der Waals surface area contributed by atoms with E-state index in [0.29, 0.717) is 11.9 Å². The van der Waals surface area contributed by atoms with Gasteiger partial charge in [-0.25, -0.2) is 9.38 Å². The number of hydrogen-bond acceptors (Lipinski definition) is 2. The van der Waals surface area contributed by atoms with Crippen molar-refractivity contribution < 1.29 is 9.13 Å². The van der Waals surface area contributed by atoms with Crippen LogP contribution in [0.2, 0.25) is 0 Å². The van der Waals surface area contributed by atoms with Crippen LogP contribution >= 0.6 is 0 Å². The molecule has 1 saturated carbocycles. The van der Waals surface area contributed by atoms with Gasteiger partial charge in [-0.1, -0.05) is 12.1 Å². The molecule has 0 spiro atoms. The van der Waals surface area contributed by atoms with Gasteiger partial charge in [0.15, 0.2) is 5.96 Å². The molecule has 132 valence electrons. The average molecular weight is 341 g/mol. The zero-order chi connectivity index (χ0) is 17.8. The van der Waals surface area contributed by atoms with Crippen LogP contribution in [-0.2, 0) is 0 Å². The molecule has 25 heavy (non-hydrogen) atoms. The van der Waals surface area contributed by atoms with Crippen molar-refractivity contribution in [3.05, 3.63) is 59.9 Å². The summed E-state index contributed by atoms with van der Waals surface area (Å²) in [4.78, 5) is 4.52. The first-order valence-corrected chi connectivity index (χ1v) is 8.62. The van der Waals surface area contributed by atoms with Gasteiger partial charge in [-0.3, -0.25) is 0 Å². The number of nitrogens with one attached hydrogen (secondary N) is 1. The minimum absolute atomic E-state index is 0.151. The molecule has 0 aromatic heterocycles. The van der Waals surface area contributed by atoms with Crippen molar-refractivity contribution in [1.29, 1.82) is 0 Å². The Labute approximate surface area is 147 Å². The molecule has 0 saturated heterocycles. The average Bonchev–Trinajstić information content (AvgIpc) is 2.53. The number of benzene rings is 2. The molecule has 2 aromatic carbocycles. The lowest BCUT2D eigenvalue weighted by Gasteiger charge is -2.33. The van der Waals surface area contributed by atoms with E-state index < -0.39 is 0 Å². The fourth-order valence-electron chi connectivity index (χ4n) is 2.97. The fourth-order valence-corrected chi connectivity index (χ4v) is 2.97. The smallest absolute Gasteiger partial charge is 0.193 e. The van der Waals surface area contributed by atoms with Crippen LogP contribution in [0, 0.1) is 5.82 Å². The van der Waals surface area contributed by atoms with E-state index in [0.717, 1.165) is 24.3 Å². The van der Waals surface area contributed by atoms with Crippen molar-refractivity contribution in [3.63, 3.8) is 0 Å². The van der Waals surface area contributed by atoms with E-state index in [1.54, 1.807) is 0 Å². The molecule has 0 radical (unpaired) electrons. The second kappa shape index (κ2) is 7.55. The lowest BCUT2D eigenvalue weighted by atomic mass is 9.76. The minimum Gasteiger partial charge on any atom is -0.491 e. The summed E-state index contributed by atoms with van der Waals surface area (Å²) in [5.74, 6) is 1.49. The SMILES string of the molecule is CC(C)Oc1ccc(NC(N)=NC2CC(c3ccc(F)cc3)C2)cc1. The molecule has 3 N–H and O–H groups in total. The maximum Gasteiger partial charge on any atom is 0.193 e. The van der Waals surface area contributed by atoms with E-state index in [1.807, 2.05) is 50.2 Å². The van der Waals surface area contributed by atoms with Gasteiger partial charge in [-0.2, -0.15) is 0 Å². The summed E-state index contributed by atoms with van der Waals surface area (Å²) in [6.07, 6.45) is 2.03. The van der Waals surface area contributed by atoms with E-state index >= 15 is 0 Å².